The van der Waals surface area contributed by atoms with Crippen LogP contribution in [0.3, 0.4) is 0 Å². The van der Waals surface area contributed by atoms with Crippen molar-refractivity contribution >= 4 is 16.8 Å². The van der Waals surface area contributed by atoms with E-state index in [9.17, 15) is 9.59 Å². The highest BCUT2D eigenvalue weighted by molar-refractivity contribution is 5.79. The number of ether oxygens (including phenoxy) is 1. The molecule has 0 spiro atoms. The summed E-state index contributed by atoms with van der Waals surface area (Å²) in [5.41, 5.74) is 0.463. The maximum absolute atomic E-state index is 13.3. The van der Waals surface area contributed by atoms with E-state index in [1.165, 1.54) is 4.57 Å². The van der Waals surface area contributed by atoms with Gasteiger partial charge in [0.05, 0.1) is 29.8 Å². The van der Waals surface area contributed by atoms with E-state index in [1.807, 2.05) is 49.4 Å². The monoisotopic (exact) mass is 431 g/mol. The van der Waals surface area contributed by atoms with E-state index in [1.54, 1.807) is 42.5 Å². The Labute approximate surface area is 185 Å². The van der Waals surface area contributed by atoms with Crippen LogP contribution in [0.15, 0.2) is 82.2 Å². The van der Waals surface area contributed by atoms with Gasteiger partial charge in [0.15, 0.2) is 6.61 Å². The van der Waals surface area contributed by atoms with E-state index in [4.69, 9.17) is 14.1 Å². The summed E-state index contributed by atoms with van der Waals surface area (Å²) in [5, 5.41) is 0.546. The number of furan rings is 1. The molecule has 0 radical (unpaired) electrons. The van der Waals surface area contributed by atoms with Gasteiger partial charge in [0.2, 0.25) is 0 Å². The van der Waals surface area contributed by atoms with Gasteiger partial charge >= 0.3 is 0 Å². The first-order chi connectivity index (χ1) is 15.6. The van der Waals surface area contributed by atoms with E-state index >= 15 is 0 Å². The van der Waals surface area contributed by atoms with Crippen LogP contribution in [-0.2, 0) is 18.4 Å². The van der Waals surface area contributed by atoms with Gasteiger partial charge in [-0.2, -0.15) is 0 Å². The summed E-state index contributed by atoms with van der Waals surface area (Å²) in [7, 11) is 1.69. The zero-order valence-corrected chi connectivity index (χ0v) is 18.1. The topological polar surface area (TPSA) is 77.6 Å². The summed E-state index contributed by atoms with van der Waals surface area (Å²) in [5.74, 6) is 1.56. The Bertz CT molecular complexity index is 1250. The van der Waals surface area contributed by atoms with Crippen LogP contribution in [0, 0.1) is 0 Å². The van der Waals surface area contributed by atoms with Crippen molar-refractivity contribution in [3.05, 3.63) is 94.9 Å². The third-order valence-corrected chi connectivity index (χ3v) is 5.41. The molecule has 0 aliphatic rings. The predicted octanol–water partition coefficient (Wildman–Crippen LogP) is 4.09. The minimum atomic E-state index is -0.436. The molecule has 0 aliphatic heterocycles. The van der Waals surface area contributed by atoms with E-state index < -0.39 is 6.04 Å². The number of amides is 1. The van der Waals surface area contributed by atoms with Gasteiger partial charge in [0.1, 0.15) is 17.3 Å². The largest absolute Gasteiger partial charge is 0.484 e. The lowest BCUT2D eigenvalue weighted by Crippen LogP contribution is -2.40. The quantitative estimate of drug-likeness (QED) is 0.420. The number of hydrogen-bond donors (Lipinski definition) is 0. The van der Waals surface area contributed by atoms with Crippen LogP contribution >= 0.6 is 0 Å². The molecule has 0 bridgehead atoms. The highest BCUT2D eigenvalue weighted by atomic mass is 16.5. The van der Waals surface area contributed by atoms with Crippen LogP contribution in [0.2, 0.25) is 0 Å². The molecule has 2 aromatic carbocycles. The molecule has 2 heterocycles. The van der Waals surface area contributed by atoms with Crippen molar-refractivity contribution in [3.8, 4) is 5.75 Å². The summed E-state index contributed by atoms with van der Waals surface area (Å²) >= 11 is 0. The summed E-state index contributed by atoms with van der Waals surface area (Å²) in [4.78, 5) is 32.7. The molecule has 32 heavy (non-hydrogen) atoms. The number of carbonyl (C=O) groups excluding carboxylic acids is 1. The number of para-hydroxylation sites is 2. The lowest BCUT2D eigenvalue weighted by Gasteiger charge is -2.31. The predicted molar refractivity (Wildman–Crippen MR) is 121 cm³/mol. The first kappa shape index (κ1) is 21.4. The molecule has 0 N–H and O–H groups in total. The summed E-state index contributed by atoms with van der Waals surface area (Å²) in [6.07, 6.45) is 2.14. The SMILES string of the molecule is CCC(c1nc2ccccc2c(=O)n1C)N(Cc1ccco1)C(=O)COc1ccccc1. The molecule has 1 atom stereocenters. The second-order valence-electron chi connectivity index (χ2n) is 7.48. The van der Waals surface area contributed by atoms with E-state index in [-0.39, 0.29) is 24.6 Å². The Morgan fingerprint density at radius 1 is 1.09 bits per heavy atom. The molecule has 0 aliphatic carbocycles. The number of benzene rings is 2. The Kier molecular flexibility index (Phi) is 6.35. The molecule has 0 saturated heterocycles. The van der Waals surface area contributed by atoms with Crippen molar-refractivity contribution in [3.63, 3.8) is 0 Å². The molecule has 1 unspecified atom stereocenters. The third-order valence-electron chi connectivity index (χ3n) is 5.41. The molecule has 4 rings (SSSR count). The van der Waals surface area contributed by atoms with Crippen molar-refractivity contribution in [1.82, 2.24) is 14.5 Å². The second-order valence-corrected chi connectivity index (χ2v) is 7.48. The number of hydrogen-bond acceptors (Lipinski definition) is 5. The van der Waals surface area contributed by atoms with E-state index in [0.29, 0.717) is 34.7 Å². The van der Waals surface area contributed by atoms with Crippen molar-refractivity contribution < 1.29 is 13.9 Å². The Hall–Kier alpha value is -3.87. The summed E-state index contributed by atoms with van der Waals surface area (Å²) in [6, 6.07) is 19.6. The van der Waals surface area contributed by atoms with Gasteiger partial charge in [0.25, 0.3) is 11.5 Å². The smallest absolute Gasteiger partial charge is 0.261 e. The molecule has 7 heteroatoms. The first-order valence-corrected chi connectivity index (χ1v) is 10.5. The van der Waals surface area contributed by atoms with Crippen LogP contribution in [0.1, 0.15) is 31.0 Å². The van der Waals surface area contributed by atoms with Gasteiger partial charge < -0.3 is 14.1 Å². The third kappa shape index (κ3) is 4.42. The van der Waals surface area contributed by atoms with Gasteiger partial charge in [-0.25, -0.2) is 4.98 Å². The fraction of sp³-hybridized carbons (Fsp3) is 0.240. The molecular weight excluding hydrogens is 406 g/mol. The average Bonchev–Trinajstić information content (AvgIpc) is 3.34. The van der Waals surface area contributed by atoms with Crippen LogP contribution in [0.5, 0.6) is 5.75 Å². The standard InChI is InChI=1S/C25H25N3O4/c1-3-22(24-26-21-14-8-7-13-20(21)25(30)27(24)2)28(16-19-12-9-15-31-19)23(29)17-32-18-10-5-4-6-11-18/h4-15,22H,3,16-17H2,1-2H3. The van der Waals surface area contributed by atoms with E-state index in [2.05, 4.69) is 0 Å². The summed E-state index contributed by atoms with van der Waals surface area (Å²) < 4.78 is 12.7. The number of rotatable bonds is 8. The normalized spacial score (nSPS) is 11.9. The first-order valence-electron chi connectivity index (χ1n) is 10.5. The van der Waals surface area contributed by atoms with Crippen LogP contribution in [-0.4, -0.2) is 27.0 Å². The molecule has 164 valence electrons. The summed E-state index contributed by atoms with van der Waals surface area (Å²) in [6.45, 7) is 2.07. The fourth-order valence-corrected chi connectivity index (χ4v) is 3.76. The highest BCUT2D eigenvalue weighted by Crippen LogP contribution is 2.26. The van der Waals surface area contributed by atoms with Gasteiger partial charge in [-0.05, 0) is 42.8 Å². The Morgan fingerprint density at radius 2 is 1.84 bits per heavy atom. The van der Waals surface area contributed by atoms with Gasteiger partial charge in [-0.3, -0.25) is 14.2 Å². The molecule has 1 amide bonds. The Morgan fingerprint density at radius 3 is 2.56 bits per heavy atom. The highest BCUT2D eigenvalue weighted by Gasteiger charge is 2.29. The minimum absolute atomic E-state index is 0.136. The van der Waals surface area contributed by atoms with Crippen molar-refractivity contribution in [2.45, 2.75) is 25.9 Å². The number of aromatic nitrogens is 2. The fourth-order valence-electron chi connectivity index (χ4n) is 3.76. The van der Waals surface area contributed by atoms with Gasteiger partial charge in [0, 0.05) is 7.05 Å². The van der Waals surface area contributed by atoms with Gasteiger partial charge in [-0.15, -0.1) is 0 Å². The van der Waals surface area contributed by atoms with Crippen molar-refractivity contribution in [2.24, 2.45) is 7.05 Å². The van der Waals surface area contributed by atoms with Crippen molar-refractivity contribution in [1.29, 1.82) is 0 Å². The lowest BCUT2D eigenvalue weighted by molar-refractivity contribution is -0.137. The molecule has 7 nitrogen and oxygen atoms in total. The van der Waals surface area contributed by atoms with Gasteiger partial charge in [-0.1, -0.05) is 37.3 Å². The number of fused-ring (bicyclic) bond motifs is 1. The van der Waals surface area contributed by atoms with Crippen LogP contribution in [0.25, 0.3) is 10.9 Å². The van der Waals surface area contributed by atoms with Crippen LogP contribution < -0.4 is 10.3 Å². The minimum Gasteiger partial charge on any atom is -0.484 e. The molecular formula is C25H25N3O4. The van der Waals surface area contributed by atoms with Crippen molar-refractivity contribution in [2.75, 3.05) is 6.61 Å². The average molecular weight is 431 g/mol. The zero-order valence-electron chi connectivity index (χ0n) is 18.1. The zero-order chi connectivity index (χ0) is 22.5. The number of carbonyl (C=O) groups is 1. The Balaban J connectivity index is 1.70. The lowest BCUT2D eigenvalue weighted by atomic mass is 10.1. The van der Waals surface area contributed by atoms with E-state index in [0.717, 1.165) is 0 Å². The molecule has 0 fully saturated rings. The molecule has 2 aromatic heterocycles. The maximum atomic E-state index is 13.3. The molecule has 4 aromatic rings. The van der Waals surface area contributed by atoms with Crippen LogP contribution in [0.4, 0.5) is 0 Å². The number of nitrogens with zero attached hydrogens (tertiary/aromatic N) is 3. The molecule has 0 saturated carbocycles. The maximum Gasteiger partial charge on any atom is 0.261 e. The second kappa shape index (κ2) is 9.51.